The van der Waals surface area contributed by atoms with Crippen LogP contribution in [0.2, 0.25) is 0 Å². The normalized spacial score (nSPS) is 14.7. The highest BCUT2D eigenvalue weighted by molar-refractivity contribution is 7.47. The van der Waals surface area contributed by atoms with Gasteiger partial charge in [0.25, 0.3) is 0 Å². The van der Waals surface area contributed by atoms with Crippen molar-refractivity contribution in [1.82, 2.24) is 0 Å². The van der Waals surface area contributed by atoms with Gasteiger partial charge in [-0.2, -0.15) is 0 Å². The van der Waals surface area contributed by atoms with Crippen LogP contribution in [0.15, 0.2) is 0 Å². The van der Waals surface area contributed by atoms with E-state index >= 15 is 0 Å². The van der Waals surface area contributed by atoms with Gasteiger partial charge in [0.1, 0.15) is 19.3 Å². The third kappa shape index (κ3) is 75.9. The fraction of sp³-hybridized carbons (Fsp3) is 0.953. The molecular weight excluding hydrogens is 1370 g/mol. The van der Waals surface area contributed by atoms with Gasteiger partial charge in [0.05, 0.1) is 26.4 Å². The lowest BCUT2D eigenvalue weighted by Gasteiger charge is -2.21. The highest BCUT2D eigenvalue weighted by Crippen LogP contribution is 2.45. The Hall–Kier alpha value is -1.94. The van der Waals surface area contributed by atoms with Gasteiger partial charge in [-0.3, -0.25) is 37.3 Å². The number of hydrogen-bond donors (Lipinski definition) is 3. The van der Waals surface area contributed by atoms with Crippen LogP contribution in [0.25, 0.3) is 0 Å². The fourth-order valence-electron chi connectivity index (χ4n) is 13.2. The van der Waals surface area contributed by atoms with Gasteiger partial charge in [-0.05, 0) is 49.4 Å². The third-order valence-electron chi connectivity index (χ3n) is 21.2. The number of aliphatic hydroxyl groups excluding tert-OH is 1. The highest BCUT2D eigenvalue weighted by atomic mass is 31.2. The van der Waals surface area contributed by atoms with Gasteiger partial charge in [0, 0.05) is 25.7 Å². The Balaban J connectivity index is 5.22. The van der Waals surface area contributed by atoms with Crippen LogP contribution in [-0.4, -0.2) is 96.7 Å². The van der Waals surface area contributed by atoms with Gasteiger partial charge in [-0.1, -0.05) is 396 Å². The molecule has 3 N–H and O–H groups in total. The number of ether oxygens (including phenoxy) is 4. The van der Waals surface area contributed by atoms with Crippen molar-refractivity contribution in [2.24, 2.45) is 23.7 Å². The molecule has 0 rings (SSSR count). The van der Waals surface area contributed by atoms with E-state index in [0.29, 0.717) is 25.7 Å². The minimum atomic E-state index is -4.97. The SMILES string of the molecule is CCC(C)CCCCCCCCCCCCCCCCCCCCC(=O)OC[C@H](COP(=O)(O)OC[C@@H](O)COP(=O)(O)OC[C@@H](COC(=O)CCCCCCCCC(C)CC)OC(=O)CCCCCCCCCCCCC(C)CC)OC(=O)CCCCCCCCCCCCCCCCCCC(C)C. The van der Waals surface area contributed by atoms with Crippen LogP contribution < -0.4 is 0 Å². The first-order valence-corrected chi connectivity index (χ1v) is 47.3. The van der Waals surface area contributed by atoms with Crippen molar-refractivity contribution in [2.45, 2.75) is 465 Å². The van der Waals surface area contributed by atoms with E-state index in [-0.39, 0.29) is 25.7 Å². The number of carbonyl (C=O) groups excluding carboxylic acids is 4. The van der Waals surface area contributed by atoms with E-state index in [0.717, 1.165) is 120 Å². The number of hydrogen-bond acceptors (Lipinski definition) is 15. The molecule has 0 aliphatic carbocycles. The molecule has 0 heterocycles. The molecule has 5 unspecified atom stereocenters. The molecule has 0 saturated heterocycles. The second-order valence-corrected chi connectivity index (χ2v) is 35.0. The Bertz CT molecular complexity index is 2050. The first-order chi connectivity index (χ1) is 50.7. The van der Waals surface area contributed by atoms with Crippen LogP contribution in [0.3, 0.4) is 0 Å². The largest absolute Gasteiger partial charge is 0.472 e. The van der Waals surface area contributed by atoms with E-state index in [1.165, 1.54) is 244 Å². The number of aliphatic hydroxyl groups is 1. The van der Waals surface area contributed by atoms with Crippen LogP contribution in [0, 0.1) is 23.7 Å². The number of phosphoric acid groups is 2. The van der Waals surface area contributed by atoms with Crippen LogP contribution in [-0.2, 0) is 65.4 Å². The minimum absolute atomic E-state index is 0.105. The van der Waals surface area contributed by atoms with Gasteiger partial charge in [-0.15, -0.1) is 0 Å². The van der Waals surface area contributed by atoms with Crippen molar-refractivity contribution in [3.63, 3.8) is 0 Å². The van der Waals surface area contributed by atoms with Gasteiger partial charge in [-0.25, -0.2) is 9.13 Å². The maximum Gasteiger partial charge on any atom is 0.472 e. The lowest BCUT2D eigenvalue weighted by Crippen LogP contribution is -2.30. The molecule has 19 heteroatoms. The summed E-state index contributed by atoms with van der Waals surface area (Å²) in [6.45, 7) is 14.4. The van der Waals surface area contributed by atoms with Crippen molar-refractivity contribution in [1.29, 1.82) is 0 Å². The fourth-order valence-corrected chi connectivity index (χ4v) is 14.8. The second-order valence-electron chi connectivity index (χ2n) is 32.1. The smallest absolute Gasteiger partial charge is 0.462 e. The molecule has 0 aliphatic heterocycles. The number of phosphoric ester groups is 2. The summed E-state index contributed by atoms with van der Waals surface area (Å²) >= 11 is 0. The molecule has 8 atom stereocenters. The molecule has 624 valence electrons. The van der Waals surface area contributed by atoms with E-state index < -0.39 is 97.5 Å². The molecule has 0 fully saturated rings. The van der Waals surface area contributed by atoms with Crippen LogP contribution in [0.4, 0.5) is 0 Å². The van der Waals surface area contributed by atoms with Crippen molar-refractivity contribution < 1.29 is 80.2 Å². The van der Waals surface area contributed by atoms with Crippen molar-refractivity contribution >= 4 is 39.5 Å². The molecule has 0 amide bonds. The maximum atomic E-state index is 13.1. The Labute approximate surface area is 645 Å². The van der Waals surface area contributed by atoms with Crippen molar-refractivity contribution in [3.05, 3.63) is 0 Å². The summed E-state index contributed by atoms with van der Waals surface area (Å²) in [7, 11) is -9.93. The number of esters is 4. The van der Waals surface area contributed by atoms with Gasteiger partial charge in [0.15, 0.2) is 12.2 Å². The summed E-state index contributed by atoms with van der Waals surface area (Å²) in [4.78, 5) is 73.2. The molecule has 0 aromatic rings. The summed E-state index contributed by atoms with van der Waals surface area (Å²) in [5.74, 6) is 1.11. The van der Waals surface area contributed by atoms with Crippen LogP contribution in [0.1, 0.15) is 447 Å². The van der Waals surface area contributed by atoms with E-state index in [1.807, 2.05) is 0 Å². The Kier molecular flexibility index (Phi) is 73.4. The van der Waals surface area contributed by atoms with Crippen LogP contribution in [0.5, 0.6) is 0 Å². The topological polar surface area (TPSA) is 237 Å². The van der Waals surface area contributed by atoms with Gasteiger partial charge >= 0.3 is 39.5 Å². The number of unbranched alkanes of at least 4 members (excludes halogenated alkanes) is 46. The lowest BCUT2D eigenvalue weighted by molar-refractivity contribution is -0.161. The van der Waals surface area contributed by atoms with E-state index in [2.05, 4.69) is 55.4 Å². The highest BCUT2D eigenvalue weighted by Gasteiger charge is 2.31. The predicted octanol–water partition coefficient (Wildman–Crippen LogP) is 25.9. The maximum absolute atomic E-state index is 13.1. The summed E-state index contributed by atoms with van der Waals surface area (Å²) in [5.41, 5.74) is 0. The summed E-state index contributed by atoms with van der Waals surface area (Å²) in [6, 6.07) is 0. The van der Waals surface area contributed by atoms with Crippen molar-refractivity contribution in [2.75, 3.05) is 39.6 Å². The Morgan fingerprint density at radius 1 is 0.267 bits per heavy atom. The number of rotatable bonds is 83. The van der Waals surface area contributed by atoms with E-state index in [1.54, 1.807) is 0 Å². The predicted molar refractivity (Wildman–Crippen MR) is 432 cm³/mol. The molecule has 0 saturated carbocycles. The zero-order valence-electron chi connectivity index (χ0n) is 69.4. The first kappa shape index (κ1) is 103. The van der Waals surface area contributed by atoms with Gasteiger partial charge in [0.2, 0.25) is 0 Å². The third-order valence-corrected chi connectivity index (χ3v) is 23.1. The minimum Gasteiger partial charge on any atom is -0.462 e. The molecule has 0 bridgehead atoms. The Morgan fingerprint density at radius 3 is 0.676 bits per heavy atom. The molecule has 0 aliphatic rings. The van der Waals surface area contributed by atoms with E-state index in [9.17, 15) is 43.2 Å². The average Bonchev–Trinajstić information content (AvgIpc) is 0.949. The average molecular weight is 1540 g/mol. The summed E-state index contributed by atoms with van der Waals surface area (Å²) in [6.07, 6.45) is 63.9. The molecule has 17 nitrogen and oxygen atoms in total. The zero-order chi connectivity index (χ0) is 77.4. The standard InChI is InChI=1S/C86H168O17P2/c1-9-77(6)63-55-47-39-33-27-23-19-14-12-13-15-20-24-28-35-41-50-58-66-83(88)96-72-81(102-85(90)68-60-52-42-36-29-25-21-17-16-18-22-26-32-38-46-54-62-76(4)5)74-100-104(92,93)98-70-80(87)71-99-105(94,95)101-75-82(73-97-84(89)67-59-51-45-44-49-57-65-79(8)11-3)103-86(91)69-61-53-43-37-31-30-34-40-48-56-64-78(7)10-2/h76-82,87H,9-75H2,1-8H3,(H,92,93)(H,94,95)/t77?,78?,79?,80-,81-,82-/m1/s1. The summed E-state index contributed by atoms with van der Waals surface area (Å²) in [5, 5.41) is 10.7. The zero-order valence-corrected chi connectivity index (χ0v) is 71.2. The van der Waals surface area contributed by atoms with Gasteiger partial charge < -0.3 is 33.8 Å². The molecule has 105 heavy (non-hydrogen) atoms. The second kappa shape index (κ2) is 74.8. The van der Waals surface area contributed by atoms with Crippen molar-refractivity contribution in [3.8, 4) is 0 Å². The molecule has 0 spiro atoms. The van der Waals surface area contributed by atoms with Crippen LogP contribution >= 0.6 is 15.6 Å². The number of carbonyl (C=O) groups is 4. The molecular formula is C86H168O17P2. The first-order valence-electron chi connectivity index (χ1n) is 44.3. The molecule has 0 aromatic heterocycles. The molecule has 0 radical (unpaired) electrons. The summed E-state index contributed by atoms with van der Waals surface area (Å²) < 4.78 is 68.9. The molecule has 0 aromatic carbocycles. The van der Waals surface area contributed by atoms with E-state index in [4.69, 9.17) is 37.0 Å². The lowest BCUT2D eigenvalue weighted by atomic mass is 9.99. The Morgan fingerprint density at radius 2 is 0.457 bits per heavy atom. The monoisotopic (exact) mass is 1540 g/mol. The quantitative estimate of drug-likeness (QED) is 0.0222.